The second kappa shape index (κ2) is 6.44. The monoisotopic (exact) mass is 333 g/mol. The molecule has 0 spiro atoms. The third-order valence-electron chi connectivity index (χ3n) is 3.42. The van der Waals surface area contributed by atoms with Crippen LogP contribution in [-0.2, 0) is 12.4 Å². The Kier molecular flexibility index (Phi) is 5.55. The topological polar surface area (TPSA) is 12.0 Å². The smallest absolute Gasteiger partial charge is 0.317 e. The van der Waals surface area contributed by atoms with Crippen molar-refractivity contribution in [1.29, 1.82) is 0 Å². The van der Waals surface area contributed by atoms with Crippen LogP contribution >= 0.6 is 12.4 Å². The molecule has 1 aromatic carbocycles. The zero-order valence-corrected chi connectivity index (χ0v) is 11.6. The highest BCUT2D eigenvalue weighted by Gasteiger charge is 2.37. The van der Waals surface area contributed by atoms with Gasteiger partial charge in [-0.3, -0.25) is 0 Å². The van der Waals surface area contributed by atoms with Gasteiger partial charge < -0.3 is 5.32 Å². The molecule has 1 nitrogen and oxygen atoms in total. The molecular weight excluding hydrogens is 320 g/mol. The molecule has 1 saturated heterocycles. The molecule has 1 fully saturated rings. The molecule has 1 aliphatic rings. The fourth-order valence-corrected chi connectivity index (χ4v) is 2.37. The molecule has 120 valence electrons. The predicted octanol–water partition coefficient (Wildman–Crippen LogP) is 4.61. The number of halogens is 7. The van der Waals surface area contributed by atoms with E-state index in [2.05, 4.69) is 5.32 Å². The lowest BCUT2D eigenvalue weighted by Gasteiger charge is -2.24. The summed E-state index contributed by atoms with van der Waals surface area (Å²) >= 11 is 0. The first-order chi connectivity index (χ1) is 9.18. The Hall–Kier alpha value is -0.950. The Morgan fingerprint density at radius 2 is 1.24 bits per heavy atom. The van der Waals surface area contributed by atoms with Gasteiger partial charge in [-0.25, -0.2) is 0 Å². The van der Waals surface area contributed by atoms with E-state index in [-0.39, 0.29) is 30.0 Å². The van der Waals surface area contributed by atoms with E-state index >= 15 is 0 Å². The van der Waals surface area contributed by atoms with Crippen molar-refractivity contribution in [3.8, 4) is 0 Å². The van der Waals surface area contributed by atoms with E-state index in [9.17, 15) is 26.3 Å². The number of rotatable bonds is 1. The Labute approximate surface area is 124 Å². The molecule has 0 atom stereocenters. The third-order valence-corrected chi connectivity index (χ3v) is 3.42. The molecule has 21 heavy (non-hydrogen) atoms. The van der Waals surface area contributed by atoms with Gasteiger partial charge in [-0.1, -0.05) is 0 Å². The number of hydrogen-bond donors (Lipinski definition) is 1. The maximum Gasteiger partial charge on any atom is 0.416 e. The van der Waals surface area contributed by atoms with Crippen molar-refractivity contribution in [2.24, 2.45) is 0 Å². The van der Waals surface area contributed by atoms with Gasteiger partial charge in [0.1, 0.15) is 0 Å². The molecule has 2 rings (SSSR count). The zero-order chi connectivity index (χ0) is 15.0. The molecular formula is C13H14ClF6N. The second-order valence-electron chi connectivity index (χ2n) is 4.86. The van der Waals surface area contributed by atoms with Crippen molar-refractivity contribution in [1.82, 2.24) is 5.32 Å². The fraction of sp³-hybridized carbons (Fsp3) is 0.538. The molecule has 8 heteroatoms. The van der Waals surface area contributed by atoms with Gasteiger partial charge in [-0.15, -0.1) is 12.4 Å². The first kappa shape index (κ1) is 18.1. The van der Waals surface area contributed by atoms with Crippen molar-refractivity contribution < 1.29 is 26.3 Å². The Bertz CT molecular complexity index is 444. The van der Waals surface area contributed by atoms with Gasteiger partial charge in [0.25, 0.3) is 0 Å². The van der Waals surface area contributed by atoms with Gasteiger partial charge in [0.15, 0.2) is 0 Å². The molecule has 0 aliphatic carbocycles. The first-order valence-corrected chi connectivity index (χ1v) is 6.18. The van der Waals surface area contributed by atoms with Crippen LogP contribution in [0.15, 0.2) is 18.2 Å². The lowest BCUT2D eigenvalue weighted by molar-refractivity contribution is -0.143. The molecule has 0 aromatic heterocycles. The molecule has 0 amide bonds. The number of benzene rings is 1. The SMILES string of the molecule is Cl.FC(F)(F)c1cc(C2CCNCC2)cc(C(F)(F)F)c1. The largest absolute Gasteiger partial charge is 0.416 e. The Morgan fingerprint density at radius 3 is 1.62 bits per heavy atom. The van der Waals surface area contributed by atoms with Crippen LogP contribution < -0.4 is 5.32 Å². The van der Waals surface area contributed by atoms with Crippen LogP contribution in [0.5, 0.6) is 0 Å². The third kappa shape index (κ3) is 4.51. The summed E-state index contributed by atoms with van der Waals surface area (Å²) in [6, 6.07) is 1.85. The van der Waals surface area contributed by atoms with E-state index in [4.69, 9.17) is 0 Å². The quantitative estimate of drug-likeness (QED) is 0.740. The lowest BCUT2D eigenvalue weighted by Crippen LogP contribution is -2.27. The molecule has 1 heterocycles. The van der Waals surface area contributed by atoms with Crippen molar-refractivity contribution in [2.45, 2.75) is 31.1 Å². The van der Waals surface area contributed by atoms with Crippen molar-refractivity contribution >= 4 is 12.4 Å². The summed E-state index contributed by atoms with van der Waals surface area (Å²) in [6.45, 7) is 1.20. The van der Waals surface area contributed by atoms with E-state index in [1.54, 1.807) is 0 Å². The molecule has 0 bridgehead atoms. The minimum absolute atomic E-state index is 0. The highest BCUT2D eigenvalue weighted by atomic mass is 35.5. The van der Waals surface area contributed by atoms with E-state index < -0.39 is 23.5 Å². The van der Waals surface area contributed by atoms with Crippen LogP contribution in [0.2, 0.25) is 0 Å². The normalized spacial score (nSPS) is 17.4. The summed E-state index contributed by atoms with van der Waals surface area (Å²) in [5.41, 5.74) is -2.35. The highest BCUT2D eigenvalue weighted by molar-refractivity contribution is 5.85. The van der Waals surface area contributed by atoms with Gasteiger partial charge in [-0.2, -0.15) is 26.3 Å². The summed E-state index contributed by atoms with van der Waals surface area (Å²) in [7, 11) is 0. The number of alkyl halides is 6. The first-order valence-electron chi connectivity index (χ1n) is 6.18. The maximum atomic E-state index is 12.7. The van der Waals surface area contributed by atoms with Crippen LogP contribution in [0.1, 0.15) is 35.4 Å². The van der Waals surface area contributed by atoms with Crippen LogP contribution in [0, 0.1) is 0 Å². The van der Waals surface area contributed by atoms with Crippen molar-refractivity contribution in [2.75, 3.05) is 13.1 Å². The summed E-state index contributed by atoms with van der Waals surface area (Å²) in [5.74, 6) is -0.264. The van der Waals surface area contributed by atoms with E-state index in [0.717, 1.165) is 12.1 Å². The molecule has 1 aliphatic heterocycles. The molecule has 1 N–H and O–H groups in total. The van der Waals surface area contributed by atoms with Crippen LogP contribution in [-0.4, -0.2) is 13.1 Å². The average Bonchev–Trinajstić information content (AvgIpc) is 2.37. The minimum Gasteiger partial charge on any atom is -0.317 e. The Balaban J connectivity index is 0.00000220. The maximum absolute atomic E-state index is 12.7. The van der Waals surface area contributed by atoms with Crippen LogP contribution in [0.25, 0.3) is 0 Å². The molecule has 0 radical (unpaired) electrons. The van der Waals surface area contributed by atoms with Crippen LogP contribution in [0.3, 0.4) is 0 Å². The molecule has 0 unspecified atom stereocenters. The standard InChI is InChI=1S/C13H13F6N.ClH/c14-12(15,16)10-5-9(8-1-3-20-4-2-8)6-11(7-10)13(17,18)19;/h5-8,20H,1-4H2;1H. The van der Waals surface area contributed by atoms with Gasteiger partial charge in [0.2, 0.25) is 0 Å². The summed E-state index contributed by atoms with van der Waals surface area (Å²) < 4.78 is 76.3. The van der Waals surface area contributed by atoms with E-state index in [1.165, 1.54) is 0 Å². The highest BCUT2D eigenvalue weighted by Crippen LogP contribution is 2.38. The summed E-state index contributed by atoms with van der Waals surface area (Å²) in [6.07, 6.45) is -8.47. The van der Waals surface area contributed by atoms with Gasteiger partial charge in [0, 0.05) is 0 Å². The predicted molar refractivity (Wildman–Crippen MR) is 68.5 cm³/mol. The fourth-order valence-electron chi connectivity index (χ4n) is 2.37. The van der Waals surface area contributed by atoms with Crippen LogP contribution in [0.4, 0.5) is 26.3 Å². The van der Waals surface area contributed by atoms with E-state index in [1.807, 2.05) is 0 Å². The summed E-state index contributed by atoms with van der Waals surface area (Å²) in [4.78, 5) is 0. The molecule has 0 saturated carbocycles. The average molecular weight is 334 g/mol. The minimum atomic E-state index is -4.77. The van der Waals surface area contributed by atoms with Crippen molar-refractivity contribution in [3.05, 3.63) is 34.9 Å². The summed E-state index contributed by atoms with van der Waals surface area (Å²) in [5, 5.41) is 3.03. The van der Waals surface area contributed by atoms with Gasteiger partial charge in [0.05, 0.1) is 11.1 Å². The number of hydrogen-bond acceptors (Lipinski definition) is 1. The van der Waals surface area contributed by atoms with E-state index in [0.29, 0.717) is 25.9 Å². The number of piperidine rings is 1. The number of nitrogens with one attached hydrogen (secondary N) is 1. The second-order valence-corrected chi connectivity index (χ2v) is 4.86. The lowest BCUT2D eigenvalue weighted by atomic mass is 9.88. The van der Waals surface area contributed by atoms with Crippen molar-refractivity contribution in [3.63, 3.8) is 0 Å². The van der Waals surface area contributed by atoms with Gasteiger partial charge in [-0.05, 0) is 55.6 Å². The van der Waals surface area contributed by atoms with Gasteiger partial charge >= 0.3 is 12.4 Å². The Morgan fingerprint density at radius 1 is 0.810 bits per heavy atom. The molecule has 1 aromatic rings. The zero-order valence-electron chi connectivity index (χ0n) is 10.8.